The fourth-order valence-electron chi connectivity index (χ4n) is 0.876. The van der Waals surface area contributed by atoms with Crippen molar-refractivity contribution in [3.8, 4) is 0 Å². The smallest absolute Gasteiger partial charge is 0.137 e. The van der Waals surface area contributed by atoms with Gasteiger partial charge in [-0.3, -0.25) is 0 Å². The van der Waals surface area contributed by atoms with Crippen LogP contribution in [0.15, 0.2) is 16.6 Å². The monoisotopic (exact) mass is 270 g/mol. The second kappa shape index (κ2) is 4.35. The van der Waals surface area contributed by atoms with E-state index in [-0.39, 0.29) is 15.9 Å². The summed E-state index contributed by atoms with van der Waals surface area (Å²) >= 11 is 8.12. The van der Waals surface area contributed by atoms with Gasteiger partial charge < -0.3 is 5.11 Å². The molecule has 1 N–H and O–H groups in total. The summed E-state index contributed by atoms with van der Waals surface area (Å²) in [5.41, 5.74) is -0.129. The number of halogens is 4. The second-order valence-electron chi connectivity index (χ2n) is 2.46. The molecule has 0 amide bonds. The minimum absolute atomic E-state index is 0.0236. The summed E-state index contributed by atoms with van der Waals surface area (Å²) in [5, 5.41) is 9.17. The van der Waals surface area contributed by atoms with E-state index in [1.165, 1.54) is 0 Å². The molecule has 0 bridgehead atoms. The van der Waals surface area contributed by atoms with E-state index in [2.05, 4.69) is 15.9 Å². The van der Waals surface area contributed by atoms with Crippen molar-refractivity contribution in [2.75, 3.05) is 5.88 Å². The van der Waals surface area contributed by atoms with Crippen LogP contribution in [0.3, 0.4) is 0 Å². The van der Waals surface area contributed by atoms with Gasteiger partial charge in [-0.15, -0.1) is 11.6 Å². The van der Waals surface area contributed by atoms with E-state index in [0.29, 0.717) is 0 Å². The van der Waals surface area contributed by atoms with Gasteiger partial charge in [0.2, 0.25) is 0 Å². The van der Waals surface area contributed by atoms with Crippen molar-refractivity contribution in [1.29, 1.82) is 0 Å². The predicted molar refractivity (Wildman–Crippen MR) is 49.7 cm³/mol. The molecule has 5 heteroatoms. The maximum absolute atomic E-state index is 13.1. The molecule has 1 aromatic rings. The maximum atomic E-state index is 13.1. The zero-order chi connectivity index (χ0) is 10.0. The van der Waals surface area contributed by atoms with Crippen LogP contribution >= 0.6 is 27.5 Å². The van der Waals surface area contributed by atoms with Gasteiger partial charge in [0, 0.05) is 5.56 Å². The molecule has 0 aliphatic rings. The van der Waals surface area contributed by atoms with Crippen LogP contribution in [0.2, 0.25) is 0 Å². The highest BCUT2D eigenvalue weighted by Gasteiger charge is 2.14. The van der Waals surface area contributed by atoms with Crippen LogP contribution in [0, 0.1) is 11.6 Å². The molecule has 1 rings (SSSR count). The third-order valence-corrected chi connectivity index (χ3v) is 2.44. The first kappa shape index (κ1) is 10.9. The summed E-state index contributed by atoms with van der Waals surface area (Å²) in [6.07, 6.45) is -1.18. The van der Waals surface area contributed by atoms with E-state index in [0.717, 1.165) is 12.1 Å². The average Bonchev–Trinajstić information content (AvgIpc) is 2.10. The van der Waals surface area contributed by atoms with Gasteiger partial charge >= 0.3 is 0 Å². The molecule has 0 fully saturated rings. The largest absolute Gasteiger partial charge is 0.387 e. The zero-order valence-corrected chi connectivity index (χ0v) is 8.74. The van der Waals surface area contributed by atoms with Gasteiger partial charge in [-0.1, -0.05) is 0 Å². The van der Waals surface area contributed by atoms with Crippen LogP contribution in [0.1, 0.15) is 11.7 Å². The molecule has 72 valence electrons. The molecule has 0 spiro atoms. The van der Waals surface area contributed by atoms with Crippen LogP contribution in [-0.4, -0.2) is 11.0 Å². The van der Waals surface area contributed by atoms with Crippen LogP contribution < -0.4 is 0 Å². The number of benzene rings is 1. The summed E-state index contributed by atoms with van der Waals surface area (Å²) in [7, 11) is 0. The first-order chi connectivity index (χ1) is 6.06. The number of rotatable bonds is 2. The fourth-order valence-corrected chi connectivity index (χ4v) is 1.36. The molecular formula is C8H6BrClF2O. The molecule has 0 aliphatic carbocycles. The number of hydrogen-bond donors (Lipinski definition) is 1. The van der Waals surface area contributed by atoms with E-state index in [9.17, 15) is 13.9 Å². The van der Waals surface area contributed by atoms with E-state index in [1.807, 2.05) is 0 Å². The van der Waals surface area contributed by atoms with Crippen LogP contribution in [0.5, 0.6) is 0 Å². The summed E-state index contributed by atoms with van der Waals surface area (Å²) in [4.78, 5) is 0. The third kappa shape index (κ3) is 2.39. The lowest BCUT2D eigenvalue weighted by Gasteiger charge is -2.08. The molecule has 1 atom stereocenters. The molecule has 0 saturated carbocycles. The highest BCUT2D eigenvalue weighted by Crippen LogP contribution is 2.24. The minimum atomic E-state index is -1.18. The van der Waals surface area contributed by atoms with Gasteiger partial charge in [0.25, 0.3) is 0 Å². The number of aliphatic hydroxyl groups is 1. The topological polar surface area (TPSA) is 20.2 Å². The molecule has 1 aromatic carbocycles. The van der Waals surface area contributed by atoms with Crippen molar-refractivity contribution in [2.45, 2.75) is 6.10 Å². The van der Waals surface area contributed by atoms with E-state index >= 15 is 0 Å². The highest BCUT2D eigenvalue weighted by molar-refractivity contribution is 9.10. The van der Waals surface area contributed by atoms with Gasteiger partial charge in [-0.05, 0) is 28.1 Å². The molecule has 0 heterocycles. The molecule has 0 saturated heterocycles. The van der Waals surface area contributed by atoms with Crippen LogP contribution in [0.25, 0.3) is 0 Å². The summed E-state index contributed by atoms with van der Waals surface area (Å²) < 4.78 is 26.0. The SMILES string of the molecule is O[C@@H](CCl)c1cc(F)c(Br)cc1F. The number of aliphatic hydroxyl groups excluding tert-OH is 1. The van der Waals surface area contributed by atoms with Crippen molar-refractivity contribution >= 4 is 27.5 Å². The Labute approximate surface area is 87.5 Å². The number of alkyl halides is 1. The summed E-state index contributed by atoms with van der Waals surface area (Å²) in [6.45, 7) is 0. The van der Waals surface area contributed by atoms with Gasteiger partial charge in [0.05, 0.1) is 16.5 Å². The Balaban J connectivity index is 3.15. The normalized spacial score (nSPS) is 13.0. The molecule has 0 aliphatic heterocycles. The first-order valence-electron chi connectivity index (χ1n) is 3.44. The Morgan fingerprint density at radius 1 is 1.38 bits per heavy atom. The standard InChI is InChI=1S/C8H6BrClF2O/c9-5-2-6(11)4(1-7(5)12)8(13)3-10/h1-2,8,13H,3H2/t8-/m0/s1. The van der Waals surface area contributed by atoms with Gasteiger partial charge in [0.15, 0.2) is 0 Å². The lowest BCUT2D eigenvalue weighted by molar-refractivity contribution is 0.197. The predicted octanol–water partition coefficient (Wildman–Crippen LogP) is 3.00. The maximum Gasteiger partial charge on any atom is 0.137 e. The minimum Gasteiger partial charge on any atom is -0.387 e. The molecular weight excluding hydrogens is 265 g/mol. The Kier molecular flexibility index (Phi) is 3.64. The zero-order valence-electron chi connectivity index (χ0n) is 6.40. The summed E-state index contributed by atoms with van der Waals surface area (Å²) in [5.74, 6) is -1.47. The lowest BCUT2D eigenvalue weighted by Crippen LogP contribution is -2.03. The fraction of sp³-hybridized carbons (Fsp3) is 0.250. The van der Waals surface area contributed by atoms with Crippen molar-refractivity contribution in [3.05, 3.63) is 33.8 Å². The molecule has 0 radical (unpaired) electrons. The molecule has 0 unspecified atom stereocenters. The molecule has 0 aromatic heterocycles. The van der Waals surface area contributed by atoms with Crippen LogP contribution in [-0.2, 0) is 0 Å². The lowest BCUT2D eigenvalue weighted by atomic mass is 10.1. The van der Waals surface area contributed by atoms with E-state index in [4.69, 9.17) is 11.6 Å². The van der Waals surface area contributed by atoms with E-state index < -0.39 is 17.7 Å². The number of hydrogen-bond acceptors (Lipinski definition) is 1. The highest BCUT2D eigenvalue weighted by atomic mass is 79.9. The van der Waals surface area contributed by atoms with Gasteiger partial charge in [-0.2, -0.15) is 0 Å². The first-order valence-corrected chi connectivity index (χ1v) is 4.77. The third-order valence-electron chi connectivity index (χ3n) is 1.54. The van der Waals surface area contributed by atoms with Crippen LogP contribution in [0.4, 0.5) is 8.78 Å². The Morgan fingerprint density at radius 2 is 2.00 bits per heavy atom. The molecule has 1 nitrogen and oxygen atoms in total. The van der Waals surface area contributed by atoms with Gasteiger partial charge in [-0.25, -0.2) is 8.78 Å². The second-order valence-corrected chi connectivity index (χ2v) is 3.62. The Bertz CT molecular complexity index is 319. The quantitative estimate of drug-likeness (QED) is 0.647. The van der Waals surface area contributed by atoms with Gasteiger partial charge in [0.1, 0.15) is 11.6 Å². The van der Waals surface area contributed by atoms with Crippen molar-refractivity contribution < 1.29 is 13.9 Å². The van der Waals surface area contributed by atoms with E-state index in [1.54, 1.807) is 0 Å². The van der Waals surface area contributed by atoms with Crippen molar-refractivity contribution in [1.82, 2.24) is 0 Å². The Morgan fingerprint density at radius 3 is 2.54 bits per heavy atom. The Hall–Kier alpha value is -0.190. The van der Waals surface area contributed by atoms with Crippen molar-refractivity contribution in [2.24, 2.45) is 0 Å². The summed E-state index contributed by atoms with van der Waals surface area (Å²) in [6, 6.07) is 1.88. The average molecular weight is 271 g/mol. The molecule has 13 heavy (non-hydrogen) atoms. The van der Waals surface area contributed by atoms with Crippen molar-refractivity contribution in [3.63, 3.8) is 0 Å².